The molecule has 39 heavy (non-hydrogen) atoms. The lowest BCUT2D eigenvalue weighted by atomic mass is 9.88. The van der Waals surface area contributed by atoms with E-state index < -0.39 is 0 Å². The number of methoxy groups -OCH3 is 1. The topological polar surface area (TPSA) is 83.6 Å². The van der Waals surface area contributed by atoms with Crippen molar-refractivity contribution in [3.05, 3.63) is 117 Å². The van der Waals surface area contributed by atoms with Crippen molar-refractivity contribution in [2.45, 2.75) is 18.9 Å². The van der Waals surface area contributed by atoms with Gasteiger partial charge in [-0.05, 0) is 35.7 Å². The second-order valence-electron chi connectivity index (χ2n) is 8.90. The number of amides is 3. The Morgan fingerprint density at radius 1 is 1.00 bits per heavy atom. The molecular weight excluding hydrogens is 532 g/mol. The van der Waals surface area contributed by atoms with E-state index in [-0.39, 0.29) is 24.4 Å². The van der Waals surface area contributed by atoms with Gasteiger partial charge in [0.2, 0.25) is 0 Å². The summed E-state index contributed by atoms with van der Waals surface area (Å²) in [5.41, 5.74) is 3.36. The standard InChI is InChI=1S/C30H31ClN4O3S/c1-38-18-17-35(30(37)33-25-14-8-13-24(31)19-25)20-28-34-27(21-39-28)29(36)32-16-15-26(22-9-4-2-5-10-22)23-11-6-3-7-12-23/h2-14,19,21,26H,15-18,20H2,1H3,(H,32,36)(H,33,37). The summed E-state index contributed by atoms with van der Waals surface area (Å²) in [6, 6.07) is 27.3. The lowest BCUT2D eigenvalue weighted by Crippen LogP contribution is -2.36. The maximum Gasteiger partial charge on any atom is 0.322 e. The molecule has 0 radical (unpaired) electrons. The van der Waals surface area contributed by atoms with Crippen molar-refractivity contribution in [1.29, 1.82) is 0 Å². The van der Waals surface area contributed by atoms with Crippen LogP contribution in [0, 0.1) is 0 Å². The molecule has 3 aromatic carbocycles. The fourth-order valence-corrected chi connectivity index (χ4v) is 5.17. The van der Waals surface area contributed by atoms with Gasteiger partial charge in [0.1, 0.15) is 10.7 Å². The molecule has 0 unspecified atom stereocenters. The summed E-state index contributed by atoms with van der Waals surface area (Å²) in [4.78, 5) is 31.9. The Labute approximate surface area is 237 Å². The summed E-state index contributed by atoms with van der Waals surface area (Å²) in [6.45, 7) is 1.48. The fraction of sp³-hybridized carbons (Fsp3) is 0.233. The molecule has 0 aliphatic rings. The number of thiazole rings is 1. The van der Waals surface area contributed by atoms with Gasteiger partial charge in [0.25, 0.3) is 5.91 Å². The van der Waals surface area contributed by atoms with Crippen molar-refractivity contribution >= 4 is 40.6 Å². The second kappa shape index (κ2) is 14.4. The molecule has 1 aromatic heterocycles. The van der Waals surface area contributed by atoms with Crippen molar-refractivity contribution in [2.75, 3.05) is 32.1 Å². The van der Waals surface area contributed by atoms with E-state index in [4.69, 9.17) is 16.3 Å². The number of carbonyl (C=O) groups excluding carboxylic acids is 2. The van der Waals surface area contributed by atoms with Gasteiger partial charge >= 0.3 is 6.03 Å². The molecule has 0 fully saturated rings. The molecule has 3 amide bonds. The van der Waals surface area contributed by atoms with Gasteiger partial charge in [0.15, 0.2) is 0 Å². The van der Waals surface area contributed by atoms with Gasteiger partial charge in [0.05, 0.1) is 13.2 Å². The first-order chi connectivity index (χ1) is 19.0. The van der Waals surface area contributed by atoms with Crippen molar-refractivity contribution < 1.29 is 14.3 Å². The fourth-order valence-electron chi connectivity index (χ4n) is 4.19. The van der Waals surface area contributed by atoms with E-state index in [1.54, 1.807) is 41.7 Å². The minimum atomic E-state index is -0.302. The zero-order chi connectivity index (χ0) is 27.5. The molecule has 0 spiro atoms. The van der Waals surface area contributed by atoms with Crippen LogP contribution in [0.3, 0.4) is 0 Å². The molecule has 1 heterocycles. The van der Waals surface area contributed by atoms with E-state index in [9.17, 15) is 9.59 Å². The first-order valence-electron chi connectivity index (χ1n) is 12.7. The lowest BCUT2D eigenvalue weighted by molar-refractivity contribution is 0.0948. The molecule has 202 valence electrons. The first kappa shape index (κ1) is 28.3. The van der Waals surface area contributed by atoms with Crippen LogP contribution >= 0.6 is 22.9 Å². The minimum Gasteiger partial charge on any atom is -0.383 e. The lowest BCUT2D eigenvalue weighted by Gasteiger charge is -2.22. The summed E-state index contributed by atoms with van der Waals surface area (Å²) in [5, 5.41) is 8.77. The van der Waals surface area contributed by atoms with E-state index in [0.717, 1.165) is 6.42 Å². The maximum absolute atomic E-state index is 12.9. The molecule has 4 rings (SSSR count). The highest BCUT2D eigenvalue weighted by Gasteiger charge is 2.19. The SMILES string of the molecule is COCCN(Cc1nc(C(=O)NCCC(c2ccccc2)c2ccccc2)cs1)C(=O)Nc1cccc(Cl)c1. The molecule has 0 saturated carbocycles. The molecule has 2 N–H and O–H groups in total. The summed E-state index contributed by atoms with van der Waals surface area (Å²) >= 11 is 7.38. The molecule has 0 atom stereocenters. The molecule has 9 heteroatoms. The van der Waals surface area contributed by atoms with E-state index in [0.29, 0.717) is 41.1 Å². The predicted octanol–water partition coefficient (Wildman–Crippen LogP) is 6.43. The average Bonchev–Trinajstić information content (AvgIpc) is 3.43. The summed E-state index contributed by atoms with van der Waals surface area (Å²) in [5.74, 6) is -0.0600. The normalized spacial score (nSPS) is 10.8. The number of rotatable bonds is 12. The summed E-state index contributed by atoms with van der Waals surface area (Å²) in [6.07, 6.45) is 0.755. The Hall–Kier alpha value is -3.72. The Bertz CT molecular complexity index is 1310. The van der Waals surface area contributed by atoms with Crippen LogP contribution in [-0.4, -0.2) is 48.6 Å². The summed E-state index contributed by atoms with van der Waals surface area (Å²) in [7, 11) is 1.58. The van der Waals surface area contributed by atoms with Gasteiger partial charge in [-0.3, -0.25) is 4.79 Å². The third kappa shape index (κ3) is 8.38. The Balaban J connectivity index is 1.35. The highest BCUT2D eigenvalue weighted by Crippen LogP contribution is 2.27. The molecule has 0 bridgehead atoms. The highest BCUT2D eigenvalue weighted by molar-refractivity contribution is 7.09. The minimum absolute atomic E-state index is 0.172. The van der Waals surface area contributed by atoms with Gasteiger partial charge in [0, 0.05) is 42.2 Å². The Morgan fingerprint density at radius 2 is 1.69 bits per heavy atom. The maximum atomic E-state index is 12.9. The molecule has 0 aliphatic carbocycles. The van der Waals surface area contributed by atoms with Gasteiger partial charge < -0.3 is 20.3 Å². The van der Waals surface area contributed by atoms with Crippen LogP contribution in [0.25, 0.3) is 0 Å². The number of hydrogen-bond acceptors (Lipinski definition) is 5. The van der Waals surface area contributed by atoms with Crippen LogP contribution in [0.1, 0.15) is 39.0 Å². The number of carbonyl (C=O) groups is 2. The Morgan fingerprint density at radius 3 is 2.33 bits per heavy atom. The zero-order valence-corrected chi connectivity index (χ0v) is 23.3. The number of nitrogens with zero attached hydrogens (tertiary/aromatic N) is 2. The van der Waals surface area contributed by atoms with Crippen molar-refractivity contribution in [2.24, 2.45) is 0 Å². The molecule has 0 saturated heterocycles. The number of halogens is 1. The number of nitrogens with one attached hydrogen (secondary N) is 2. The third-order valence-corrected chi connectivity index (χ3v) is 7.23. The second-order valence-corrected chi connectivity index (χ2v) is 10.3. The van der Waals surface area contributed by atoms with E-state index in [1.807, 2.05) is 36.4 Å². The van der Waals surface area contributed by atoms with Crippen LogP contribution in [-0.2, 0) is 11.3 Å². The van der Waals surface area contributed by atoms with Crippen LogP contribution in [0.2, 0.25) is 5.02 Å². The van der Waals surface area contributed by atoms with Crippen molar-refractivity contribution in [3.8, 4) is 0 Å². The first-order valence-corrected chi connectivity index (χ1v) is 13.9. The van der Waals surface area contributed by atoms with Crippen LogP contribution in [0.4, 0.5) is 10.5 Å². The van der Waals surface area contributed by atoms with Gasteiger partial charge in [-0.2, -0.15) is 0 Å². The van der Waals surface area contributed by atoms with Crippen LogP contribution < -0.4 is 10.6 Å². The number of anilines is 1. The largest absolute Gasteiger partial charge is 0.383 e. The monoisotopic (exact) mass is 562 g/mol. The van der Waals surface area contributed by atoms with Gasteiger partial charge in [-0.15, -0.1) is 11.3 Å². The molecule has 7 nitrogen and oxygen atoms in total. The molecule has 4 aromatic rings. The van der Waals surface area contributed by atoms with E-state index >= 15 is 0 Å². The smallest absolute Gasteiger partial charge is 0.322 e. The van der Waals surface area contributed by atoms with Gasteiger partial charge in [-0.1, -0.05) is 78.3 Å². The van der Waals surface area contributed by atoms with E-state index in [2.05, 4.69) is 39.9 Å². The van der Waals surface area contributed by atoms with E-state index in [1.165, 1.54) is 22.5 Å². The highest BCUT2D eigenvalue weighted by atomic mass is 35.5. The number of aromatic nitrogens is 1. The van der Waals surface area contributed by atoms with Crippen molar-refractivity contribution in [3.63, 3.8) is 0 Å². The molecular formula is C30H31ClN4O3S. The molecule has 0 aliphatic heterocycles. The Kier molecular flexibility index (Phi) is 10.5. The number of ether oxygens (including phenoxy) is 1. The number of hydrogen-bond donors (Lipinski definition) is 2. The van der Waals surface area contributed by atoms with Crippen molar-refractivity contribution in [1.82, 2.24) is 15.2 Å². The zero-order valence-electron chi connectivity index (χ0n) is 21.7. The van der Waals surface area contributed by atoms with Crippen LogP contribution in [0.5, 0.6) is 0 Å². The number of urea groups is 1. The van der Waals surface area contributed by atoms with Crippen LogP contribution in [0.15, 0.2) is 90.3 Å². The average molecular weight is 563 g/mol. The number of benzene rings is 3. The summed E-state index contributed by atoms with van der Waals surface area (Å²) < 4.78 is 5.18. The third-order valence-electron chi connectivity index (χ3n) is 6.16. The quantitative estimate of drug-likeness (QED) is 0.208. The predicted molar refractivity (Wildman–Crippen MR) is 157 cm³/mol. The van der Waals surface area contributed by atoms with Gasteiger partial charge in [-0.25, -0.2) is 9.78 Å².